The van der Waals surface area contributed by atoms with E-state index in [1.165, 1.54) is 33.6 Å². The van der Waals surface area contributed by atoms with Gasteiger partial charge < -0.3 is 14.4 Å². The Kier molecular flexibility index (Phi) is 7.36. The van der Waals surface area contributed by atoms with Gasteiger partial charge in [-0.15, -0.1) is 11.3 Å². The van der Waals surface area contributed by atoms with Crippen LogP contribution in [0.25, 0.3) is 0 Å². The average molecular weight is 465 g/mol. The molecule has 6 heteroatoms. The third-order valence-corrected chi connectivity index (χ3v) is 7.21. The van der Waals surface area contributed by atoms with Crippen LogP contribution in [-0.4, -0.2) is 49.0 Å². The summed E-state index contributed by atoms with van der Waals surface area (Å²) in [4.78, 5) is 18.2. The number of rotatable bonds is 7. The van der Waals surface area contributed by atoms with Crippen LogP contribution >= 0.6 is 11.3 Å². The number of ether oxygens (including phenoxy) is 2. The Bertz CT molecular complexity index is 1100. The highest BCUT2D eigenvalue weighted by molar-refractivity contribution is 7.12. The van der Waals surface area contributed by atoms with Crippen molar-refractivity contribution in [3.8, 4) is 11.5 Å². The molecule has 0 saturated carbocycles. The molecule has 0 bridgehead atoms. The Labute approximate surface area is 200 Å². The van der Waals surface area contributed by atoms with Gasteiger partial charge in [0, 0.05) is 38.3 Å². The summed E-state index contributed by atoms with van der Waals surface area (Å²) in [6.07, 6.45) is 0. The van der Waals surface area contributed by atoms with E-state index in [9.17, 15) is 4.79 Å². The van der Waals surface area contributed by atoms with Gasteiger partial charge in [0.25, 0.3) is 5.91 Å². The first-order chi connectivity index (χ1) is 15.9. The molecule has 0 aliphatic carbocycles. The van der Waals surface area contributed by atoms with Crippen molar-refractivity contribution in [3.05, 3.63) is 80.5 Å². The fourth-order valence-corrected chi connectivity index (χ4v) is 4.99. The third-order valence-electron chi connectivity index (χ3n) is 6.25. The van der Waals surface area contributed by atoms with Crippen molar-refractivity contribution in [2.45, 2.75) is 33.9 Å². The predicted molar refractivity (Wildman–Crippen MR) is 133 cm³/mol. The number of methoxy groups -OCH3 is 1. The zero-order chi connectivity index (χ0) is 23.4. The van der Waals surface area contributed by atoms with Crippen molar-refractivity contribution in [1.82, 2.24) is 9.80 Å². The first kappa shape index (κ1) is 23.3. The Balaban J connectivity index is 1.29. The fourth-order valence-electron chi connectivity index (χ4n) is 4.13. The molecule has 1 saturated heterocycles. The molecule has 1 aliphatic rings. The van der Waals surface area contributed by atoms with Crippen LogP contribution in [0.15, 0.2) is 47.8 Å². The highest BCUT2D eigenvalue weighted by Gasteiger charge is 2.23. The molecule has 0 radical (unpaired) electrons. The standard InChI is InChI=1S/C27H32N2O3S/c1-19-13-20(2)21(3)25(14-19)32-17-23-15-26(33-18-23)27(30)29-11-9-28(10-12-29)16-22-5-7-24(31-4)8-6-22/h5-8,13-15,18H,9-12,16-17H2,1-4H3. The number of carbonyl (C=O) groups excluding carboxylic acids is 1. The number of hydrogen-bond donors (Lipinski definition) is 0. The van der Waals surface area contributed by atoms with Gasteiger partial charge in [0.2, 0.25) is 0 Å². The Morgan fingerprint density at radius 3 is 2.39 bits per heavy atom. The van der Waals surface area contributed by atoms with Gasteiger partial charge in [-0.25, -0.2) is 0 Å². The summed E-state index contributed by atoms with van der Waals surface area (Å²) in [7, 11) is 1.68. The molecule has 174 valence electrons. The van der Waals surface area contributed by atoms with Gasteiger partial charge in [0.15, 0.2) is 0 Å². The van der Waals surface area contributed by atoms with E-state index in [0.29, 0.717) is 6.61 Å². The normalized spacial score (nSPS) is 14.4. The minimum atomic E-state index is 0.123. The highest BCUT2D eigenvalue weighted by Crippen LogP contribution is 2.25. The number of amides is 1. The lowest BCUT2D eigenvalue weighted by Gasteiger charge is -2.34. The topological polar surface area (TPSA) is 42.0 Å². The molecule has 0 N–H and O–H groups in total. The lowest BCUT2D eigenvalue weighted by molar-refractivity contribution is 0.0633. The predicted octanol–water partition coefficient (Wildman–Crippen LogP) is 5.22. The number of benzene rings is 2. The van der Waals surface area contributed by atoms with Crippen LogP contribution < -0.4 is 9.47 Å². The molecule has 2 aromatic carbocycles. The van der Waals surface area contributed by atoms with E-state index in [0.717, 1.165) is 54.7 Å². The Hall–Kier alpha value is -2.83. The first-order valence-corrected chi connectivity index (χ1v) is 12.2. The van der Waals surface area contributed by atoms with Gasteiger partial charge in [-0.05, 0) is 72.7 Å². The lowest BCUT2D eigenvalue weighted by atomic mass is 10.1. The van der Waals surface area contributed by atoms with E-state index in [-0.39, 0.29) is 5.91 Å². The molecule has 1 amide bonds. The van der Waals surface area contributed by atoms with Gasteiger partial charge >= 0.3 is 0 Å². The second-order valence-electron chi connectivity index (χ2n) is 8.73. The summed E-state index contributed by atoms with van der Waals surface area (Å²) in [5.41, 5.74) is 5.90. The fraction of sp³-hybridized carbons (Fsp3) is 0.370. The van der Waals surface area contributed by atoms with E-state index in [1.807, 2.05) is 28.5 Å². The summed E-state index contributed by atoms with van der Waals surface area (Å²) >= 11 is 1.51. The maximum absolute atomic E-state index is 13.0. The molecular weight excluding hydrogens is 432 g/mol. The van der Waals surface area contributed by atoms with E-state index < -0.39 is 0 Å². The Morgan fingerprint density at radius 1 is 0.970 bits per heavy atom. The maximum Gasteiger partial charge on any atom is 0.264 e. The van der Waals surface area contributed by atoms with Crippen LogP contribution in [0.5, 0.6) is 11.5 Å². The quantitative estimate of drug-likeness (QED) is 0.481. The van der Waals surface area contributed by atoms with Crippen LogP contribution in [0.1, 0.15) is 37.5 Å². The van der Waals surface area contributed by atoms with Gasteiger partial charge in [-0.1, -0.05) is 18.2 Å². The van der Waals surface area contributed by atoms with Crippen molar-refractivity contribution in [2.24, 2.45) is 0 Å². The number of hydrogen-bond acceptors (Lipinski definition) is 5. The highest BCUT2D eigenvalue weighted by atomic mass is 32.1. The molecule has 1 fully saturated rings. The first-order valence-electron chi connectivity index (χ1n) is 11.4. The molecule has 2 heterocycles. The van der Waals surface area contributed by atoms with Gasteiger partial charge in [0.1, 0.15) is 18.1 Å². The summed E-state index contributed by atoms with van der Waals surface area (Å²) in [6.45, 7) is 10.9. The van der Waals surface area contributed by atoms with Gasteiger partial charge in [-0.2, -0.15) is 0 Å². The van der Waals surface area contributed by atoms with Crippen LogP contribution in [0.2, 0.25) is 0 Å². The third kappa shape index (κ3) is 5.75. The van der Waals surface area contributed by atoms with Crippen LogP contribution in [-0.2, 0) is 13.2 Å². The largest absolute Gasteiger partial charge is 0.497 e. The van der Waals surface area contributed by atoms with Crippen molar-refractivity contribution in [1.29, 1.82) is 0 Å². The van der Waals surface area contributed by atoms with E-state index in [1.54, 1.807) is 7.11 Å². The molecule has 1 aromatic heterocycles. The van der Waals surface area contributed by atoms with E-state index >= 15 is 0 Å². The number of piperazine rings is 1. The van der Waals surface area contributed by atoms with Crippen molar-refractivity contribution >= 4 is 17.2 Å². The van der Waals surface area contributed by atoms with E-state index in [4.69, 9.17) is 9.47 Å². The molecule has 33 heavy (non-hydrogen) atoms. The number of aryl methyl sites for hydroxylation is 2. The van der Waals surface area contributed by atoms with Gasteiger partial charge in [-0.3, -0.25) is 9.69 Å². The molecule has 5 nitrogen and oxygen atoms in total. The van der Waals surface area contributed by atoms with Crippen molar-refractivity contribution in [3.63, 3.8) is 0 Å². The van der Waals surface area contributed by atoms with E-state index in [2.05, 4.69) is 49.9 Å². The van der Waals surface area contributed by atoms with Crippen LogP contribution in [0.3, 0.4) is 0 Å². The molecule has 0 unspecified atom stereocenters. The second-order valence-corrected chi connectivity index (χ2v) is 9.64. The molecule has 4 rings (SSSR count). The lowest BCUT2D eigenvalue weighted by Crippen LogP contribution is -2.48. The monoisotopic (exact) mass is 464 g/mol. The summed E-state index contributed by atoms with van der Waals surface area (Å²) in [6, 6.07) is 14.4. The number of carbonyl (C=O) groups is 1. The minimum Gasteiger partial charge on any atom is -0.497 e. The average Bonchev–Trinajstić information content (AvgIpc) is 3.30. The number of nitrogens with zero attached hydrogens (tertiary/aromatic N) is 2. The SMILES string of the molecule is COc1ccc(CN2CCN(C(=O)c3cc(COc4cc(C)cc(C)c4C)cs3)CC2)cc1. The molecule has 1 aliphatic heterocycles. The molecule has 0 spiro atoms. The molecular formula is C27H32N2O3S. The smallest absolute Gasteiger partial charge is 0.264 e. The Morgan fingerprint density at radius 2 is 1.70 bits per heavy atom. The van der Waals surface area contributed by atoms with Crippen molar-refractivity contribution < 1.29 is 14.3 Å². The summed E-state index contributed by atoms with van der Waals surface area (Å²) in [5, 5.41) is 2.03. The minimum absolute atomic E-state index is 0.123. The maximum atomic E-state index is 13.0. The van der Waals surface area contributed by atoms with Crippen LogP contribution in [0, 0.1) is 20.8 Å². The number of thiophene rings is 1. The van der Waals surface area contributed by atoms with Crippen LogP contribution in [0.4, 0.5) is 0 Å². The second kappa shape index (κ2) is 10.4. The zero-order valence-electron chi connectivity index (χ0n) is 19.9. The van der Waals surface area contributed by atoms with Crippen molar-refractivity contribution in [2.75, 3.05) is 33.3 Å². The van der Waals surface area contributed by atoms with Gasteiger partial charge in [0.05, 0.1) is 12.0 Å². The molecule has 0 atom stereocenters. The summed E-state index contributed by atoms with van der Waals surface area (Å²) < 4.78 is 11.3. The molecule has 3 aromatic rings. The summed E-state index contributed by atoms with van der Waals surface area (Å²) in [5.74, 6) is 1.91. The zero-order valence-corrected chi connectivity index (χ0v) is 20.7.